The second kappa shape index (κ2) is 8.88. The minimum atomic E-state index is -0.976. The van der Waals surface area contributed by atoms with Gasteiger partial charge in [-0.25, -0.2) is 0 Å². The molecule has 1 aliphatic rings. The largest absolute Gasteiger partial charge is 0.134 e. The molecule has 0 aliphatic heterocycles. The zero-order valence-corrected chi connectivity index (χ0v) is 21.3. The van der Waals surface area contributed by atoms with E-state index in [1.165, 1.54) is 0 Å². The van der Waals surface area contributed by atoms with Crippen LogP contribution in [-0.2, 0) is 5.41 Å². The minimum Gasteiger partial charge on any atom is -0.134 e. The topological polar surface area (TPSA) is 0 Å². The van der Waals surface area contributed by atoms with Gasteiger partial charge in [0.1, 0.15) is 0 Å². The number of hydrogen-bond acceptors (Lipinski definition) is 1. The van der Waals surface area contributed by atoms with Crippen molar-refractivity contribution in [3.8, 4) is 32.0 Å². The summed E-state index contributed by atoms with van der Waals surface area (Å²) >= 11 is 7.95. The molecule has 176 valence electrons. The molecule has 0 saturated heterocycles. The molecule has 1 aliphatic carbocycles. The number of rotatable bonds is 4. The van der Waals surface area contributed by atoms with Crippen LogP contribution in [0.25, 0.3) is 32.0 Å². The van der Waals surface area contributed by atoms with Gasteiger partial charge in [0, 0.05) is 20.3 Å². The number of fused-ring (bicyclic) bond motifs is 3. The highest BCUT2D eigenvalue weighted by Crippen LogP contribution is 2.63. The highest BCUT2D eigenvalue weighted by Gasteiger charge is 2.49. The van der Waals surface area contributed by atoms with Crippen molar-refractivity contribution in [2.24, 2.45) is 0 Å². The Kier molecular flexibility index (Phi) is 4.41. The lowest BCUT2D eigenvalue weighted by Gasteiger charge is -2.34. The van der Waals surface area contributed by atoms with Crippen molar-refractivity contribution >= 4 is 22.9 Å². The Labute approximate surface area is 232 Å². The Bertz CT molecular complexity index is 1880. The maximum atomic E-state index is 9.36. The summed E-state index contributed by atoms with van der Waals surface area (Å²) in [7, 11) is 0. The van der Waals surface area contributed by atoms with Gasteiger partial charge in [-0.05, 0) is 51.1 Å². The van der Waals surface area contributed by atoms with Gasteiger partial charge in [0.15, 0.2) is 0 Å². The van der Waals surface area contributed by atoms with E-state index in [9.17, 15) is 2.74 Å². The van der Waals surface area contributed by atoms with Gasteiger partial charge in [-0.15, -0.1) is 11.3 Å². The van der Waals surface area contributed by atoms with Gasteiger partial charge in [-0.1, -0.05) is 139 Å². The van der Waals surface area contributed by atoms with Gasteiger partial charge >= 0.3 is 0 Å². The van der Waals surface area contributed by atoms with E-state index >= 15 is 0 Å². The van der Waals surface area contributed by atoms with Gasteiger partial charge in [0.05, 0.1) is 10.9 Å². The van der Waals surface area contributed by atoms with Crippen LogP contribution in [-0.4, -0.2) is 0 Å². The molecule has 2 heteroatoms. The van der Waals surface area contributed by atoms with E-state index in [4.69, 9.17) is 14.3 Å². The van der Waals surface area contributed by atoms with E-state index in [0.717, 1.165) is 43.1 Å². The lowest BCUT2D eigenvalue weighted by molar-refractivity contribution is 0.773. The molecule has 5 aromatic carbocycles. The summed E-state index contributed by atoms with van der Waals surface area (Å²) < 4.78 is 36.1. The van der Waals surface area contributed by atoms with Crippen LogP contribution >= 0.6 is 22.9 Å². The molecule has 0 radical (unpaired) electrons. The van der Waals surface area contributed by atoms with Crippen molar-refractivity contribution < 1.29 is 5.48 Å². The smallest absolute Gasteiger partial charge is 0.0728 e. The summed E-state index contributed by atoms with van der Waals surface area (Å²) in [6.45, 7) is 0. The fraction of sp³-hybridized carbons (Fsp3) is 0.0286. The monoisotopic (exact) mass is 514 g/mol. The average Bonchev–Trinajstić information content (AvgIpc) is 3.56. The Morgan fingerprint density at radius 2 is 1.14 bits per heavy atom. The van der Waals surface area contributed by atoms with Crippen molar-refractivity contribution in [2.75, 3.05) is 0 Å². The van der Waals surface area contributed by atoms with E-state index in [1.54, 1.807) is 11.3 Å². The summed E-state index contributed by atoms with van der Waals surface area (Å²) in [6.07, 6.45) is 0. The average molecular weight is 515 g/mol. The predicted octanol–water partition coefficient (Wildman–Crippen LogP) is 10.1. The van der Waals surface area contributed by atoms with Crippen LogP contribution in [0.4, 0.5) is 0 Å². The van der Waals surface area contributed by atoms with Crippen molar-refractivity contribution in [1.29, 1.82) is 0 Å². The van der Waals surface area contributed by atoms with E-state index in [1.807, 2.05) is 78.9 Å². The Hall–Kier alpha value is -3.91. The predicted molar refractivity (Wildman–Crippen MR) is 158 cm³/mol. The van der Waals surface area contributed by atoms with E-state index in [0.29, 0.717) is 16.1 Å². The van der Waals surface area contributed by atoms with E-state index in [2.05, 4.69) is 36.4 Å². The molecule has 7 rings (SSSR count). The van der Waals surface area contributed by atoms with Crippen LogP contribution in [0.15, 0.2) is 139 Å². The Balaban J connectivity index is 1.77. The molecule has 0 unspecified atom stereocenters. The molecular formula is C35H23ClS. The standard InChI is InChI=1S/C35H23ClS/c36-28-22-20-25(21-23-28)33-31-29-18-10-11-19-30(29)35(26-14-6-2-7-15-26,27-16-8-3-9-17-27)32(31)34(37-33)24-12-4-1-5-13-24/h1-23H/i10D,11D,18D,19D. The third-order valence-corrected chi connectivity index (χ3v) is 8.69. The number of halogens is 1. The molecule has 0 bridgehead atoms. The van der Waals surface area contributed by atoms with Crippen LogP contribution in [0.3, 0.4) is 0 Å². The summed E-state index contributed by atoms with van der Waals surface area (Å²) in [4.78, 5) is 1.99. The highest BCUT2D eigenvalue weighted by atomic mass is 35.5. The third kappa shape index (κ3) is 3.35. The number of benzene rings is 5. The first-order chi connectivity index (χ1) is 19.9. The molecule has 1 heterocycles. The molecule has 0 fully saturated rings. The molecule has 0 N–H and O–H groups in total. The highest BCUT2D eigenvalue weighted by molar-refractivity contribution is 7.19. The Morgan fingerprint density at radius 3 is 1.76 bits per heavy atom. The summed E-state index contributed by atoms with van der Waals surface area (Å²) in [6, 6.07) is 37.7. The van der Waals surface area contributed by atoms with Crippen LogP contribution in [0.1, 0.15) is 27.7 Å². The molecule has 0 spiro atoms. The lowest BCUT2D eigenvalue weighted by atomic mass is 9.67. The molecule has 0 saturated carbocycles. The molecule has 1 aromatic heterocycles. The van der Waals surface area contributed by atoms with Crippen molar-refractivity contribution in [3.63, 3.8) is 0 Å². The first-order valence-corrected chi connectivity index (χ1v) is 13.3. The first kappa shape index (κ1) is 18.4. The van der Waals surface area contributed by atoms with Crippen LogP contribution in [0, 0.1) is 0 Å². The second-order valence-corrected chi connectivity index (χ2v) is 10.6. The summed E-state index contributed by atoms with van der Waals surface area (Å²) in [5.74, 6) is 0. The minimum absolute atomic E-state index is 0.0176. The van der Waals surface area contributed by atoms with E-state index < -0.39 is 5.41 Å². The maximum Gasteiger partial charge on any atom is 0.0728 e. The zero-order valence-electron chi connectivity index (χ0n) is 23.8. The molecule has 0 nitrogen and oxygen atoms in total. The normalized spacial score (nSPS) is 14.7. The fourth-order valence-electron chi connectivity index (χ4n) is 5.65. The second-order valence-electron chi connectivity index (χ2n) is 9.12. The quantitative estimate of drug-likeness (QED) is 0.219. The molecule has 6 aromatic rings. The van der Waals surface area contributed by atoms with Gasteiger partial charge in [0.25, 0.3) is 0 Å². The summed E-state index contributed by atoms with van der Waals surface area (Å²) in [5, 5.41) is 0.635. The van der Waals surface area contributed by atoms with Gasteiger partial charge in [-0.3, -0.25) is 0 Å². The number of thiophene rings is 1. The van der Waals surface area contributed by atoms with Crippen molar-refractivity contribution in [3.05, 3.63) is 167 Å². The SMILES string of the molecule is [2H]c1c([2H])c([2H])c2c(c1[2H])-c1c(-c3ccc(Cl)cc3)sc(-c3ccccc3)c1C2(c1ccccc1)c1ccccc1. The maximum absolute atomic E-state index is 9.36. The summed E-state index contributed by atoms with van der Waals surface area (Å²) in [5.41, 5.74) is 5.90. The molecular weight excluding hydrogens is 488 g/mol. The fourth-order valence-corrected chi connectivity index (χ4v) is 7.15. The Morgan fingerprint density at radius 1 is 0.595 bits per heavy atom. The van der Waals surface area contributed by atoms with Gasteiger partial charge in [0.2, 0.25) is 0 Å². The lowest BCUT2D eigenvalue weighted by Crippen LogP contribution is -2.28. The van der Waals surface area contributed by atoms with Crippen LogP contribution in [0.5, 0.6) is 0 Å². The van der Waals surface area contributed by atoms with Gasteiger partial charge in [-0.2, -0.15) is 0 Å². The number of hydrogen-bond donors (Lipinski definition) is 0. The van der Waals surface area contributed by atoms with Crippen molar-refractivity contribution in [1.82, 2.24) is 0 Å². The molecule has 37 heavy (non-hydrogen) atoms. The van der Waals surface area contributed by atoms with Gasteiger partial charge < -0.3 is 0 Å². The van der Waals surface area contributed by atoms with Crippen molar-refractivity contribution in [2.45, 2.75) is 5.41 Å². The van der Waals surface area contributed by atoms with E-state index in [-0.39, 0.29) is 24.2 Å². The molecule has 0 atom stereocenters. The third-order valence-electron chi connectivity index (χ3n) is 7.15. The zero-order chi connectivity index (χ0) is 28.3. The van der Waals surface area contributed by atoms with Crippen LogP contribution < -0.4 is 0 Å². The molecule has 0 amide bonds. The first-order valence-electron chi connectivity index (χ1n) is 14.2. The van der Waals surface area contributed by atoms with Crippen LogP contribution in [0.2, 0.25) is 5.02 Å².